The third kappa shape index (κ3) is 1.30. The molecular weight excluding hydrogens is 157 g/mol. The highest BCUT2D eigenvalue weighted by Gasteiger charge is 2.08. The molecule has 0 N–H and O–H groups in total. The van der Waals surface area contributed by atoms with Crippen LogP contribution >= 0.6 is 11.3 Å². The minimum absolute atomic E-state index is 0.181. The van der Waals surface area contributed by atoms with Crippen LogP contribution in [0.4, 0.5) is 4.39 Å². The summed E-state index contributed by atoms with van der Waals surface area (Å²) in [5.41, 5.74) is 0. The molecule has 0 saturated carbocycles. The average molecular weight is 161 g/mol. The van der Waals surface area contributed by atoms with Gasteiger partial charge >= 0.3 is 5.97 Å². The van der Waals surface area contributed by atoms with Crippen molar-refractivity contribution in [3.05, 3.63) is 16.3 Å². The van der Waals surface area contributed by atoms with Crippen molar-refractivity contribution >= 4 is 17.3 Å². The summed E-state index contributed by atoms with van der Waals surface area (Å²) in [4.78, 5) is 14.0. The summed E-state index contributed by atoms with van der Waals surface area (Å²) in [7, 11) is 1.24. The maximum absolute atomic E-state index is 12.1. The third-order valence-electron chi connectivity index (χ3n) is 0.864. The summed E-state index contributed by atoms with van der Waals surface area (Å²) >= 11 is 0.668. The molecule has 0 aliphatic rings. The summed E-state index contributed by atoms with van der Waals surface area (Å²) in [5, 5.41) is -0.625. The normalized spacial score (nSPS) is 9.40. The van der Waals surface area contributed by atoms with Crippen molar-refractivity contribution in [3.63, 3.8) is 0 Å². The lowest BCUT2D eigenvalue weighted by Gasteiger charge is -1.89. The van der Waals surface area contributed by atoms with Crippen molar-refractivity contribution in [1.29, 1.82) is 0 Å². The van der Waals surface area contributed by atoms with E-state index >= 15 is 0 Å². The molecule has 5 heteroatoms. The largest absolute Gasteiger partial charge is 0.465 e. The first-order chi connectivity index (χ1) is 4.74. The topological polar surface area (TPSA) is 39.2 Å². The van der Waals surface area contributed by atoms with Crippen molar-refractivity contribution in [2.24, 2.45) is 0 Å². The first-order valence-corrected chi connectivity index (χ1v) is 3.25. The Bertz CT molecular complexity index is 248. The summed E-state index contributed by atoms with van der Waals surface area (Å²) in [6, 6.07) is 0. The molecule has 0 amide bonds. The van der Waals surface area contributed by atoms with Crippen LogP contribution < -0.4 is 0 Å². The molecule has 0 aromatic carbocycles. The van der Waals surface area contributed by atoms with Gasteiger partial charge in [-0.1, -0.05) is 11.3 Å². The zero-order valence-corrected chi connectivity index (χ0v) is 5.94. The van der Waals surface area contributed by atoms with Crippen LogP contribution in [-0.4, -0.2) is 18.1 Å². The molecule has 0 radical (unpaired) electrons. The minimum atomic E-state index is -0.625. The van der Waals surface area contributed by atoms with E-state index in [4.69, 9.17) is 0 Å². The van der Waals surface area contributed by atoms with Crippen LogP contribution in [0.3, 0.4) is 0 Å². The van der Waals surface area contributed by atoms with Crippen LogP contribution in [0.5, 0.6) is 0 Å². The summed E-state index contributed by atoms with van der Waals surface area (Å²) in [6.07, 6.45) is 1.14. The zero-order chi connectivity index (χ0) is 7.56. The van der Waals surface area contributed by atoms with Crippen molar-refractivity contribution < 1.29 is 13.9 Å². The maximum Gasteiger partial charge on any atom is 0.349 e. The van der Waals surface area contributed by atoms with Gasteiger partial charge in [-0.25, -0.2) is 9.78 Å². The monoisotopic (exact) mass is 161 g/mol. The van der Waals surface area contributed by atoms with Gasteiger partial charge in [0.05, 0.1) is 13.3 Å². The molecule has 0 aliphatic carbocycles. The lowest BCUT2D eigenvalue weighted by Crippen LogP contribution is -1.96. The molecule has 0 bridgehead atoms. The Morgan fingerprint density at radius 2 is 2.60 bits per heavy atom. The molecule has 10 heavy (non-hydrogen) atoms. The highest BCUT2D eigenvalue weighted by atomic mass is 32.1. The van der Waals surface area contributed by atoms with Gasteiger partial charge in [0, 0.05) is 0 Å². The second-order valence-electron chi connectivity index (χ2n) is 1.47. The summed E-state index contributed by atoms with van der Waals surface area (Å²) in [6.45, 7) is 0. The van der Waals surface area contributed by atoms with E-state index in [9.17, 15) is 9.18 Å². The van der Waals surface area contributed by atoms with Gasteiger partial charge < -0.3 is 4.74 Å². The first kappa shape index (κ1) is 7.14. The molecule has 0 aliphatic heterocycles. The number of methoxy groups -OCH3 is 1. The molecule has 54 valence electrons. The van der Waals surface area contributed by atoms with Crippen LogP contribution in [0.15, 0.2) is 6.20 Å². The van der Waals surface area contributed by atoms with Gasteiger partial charge in [0.15, 0.2) is 0 Å². The highest BCUT2D eigenvalue weighted by Crippen LogP contribution is 2.11. The van der Waals surface area contributed by atoms with Gasteiger partial charge in [-0.15, -0.1) is 0 Å². The van der Waals surface area contributed by atoms with E-state index in [-0.39, 0.29) is 4.88 Å². The molecule has 0 fully saturated rings. The van der Waals surface area contributed by atoms with Crippen LogP contribution in [0.2, 0.25) is 0 Å². The number of hydrogen-bond donors (Lipinski definition) is 0. The van der Waals surface area contributed by atoms with Crippen LogP contribution in [0.1, 0.15) is 9.67 Å². The molecule has 0 saturated heterocycles. The average Bonchev–Trinajstić information content (AvgIpc) is 2.34. The summed E-state index contributed by atoms with van der Waals surface area (Å²) < 4.78 is 16.4. The fraction of sp³-hybridized carbons (Fsp3) is 0.200. The Labute approximate surface area is 60.5 Å². The number of halogens is 1. The lowest BCUT2D eigenvalue weighted by molar-refractivity contribution is 0.0606. The first-order valence-electron chi connectivity index (χ1n) is 2.43. The molecule has 1 heterocycles. The predicted molar refractivity (Wildman–Crippen MR) is 33.4 cm³/mol. The molecular formula is C5H4FNO2S. The fourth-order valence-corrected chi connectivity index (χ4v) is 1.01. The van der Waals surface area contributed by atoms with Gasteiger partial charge in [-0.2, -0.15) is 4.39 Å². The second-order valence-corrected chi connectivity index (χ2v) is 2.45. The number of hydrogen-bond acceptors (Lipinski definition) is 4. The molecule has 1 aromatic rings. The number of thiazole rings is 1. The third-order valence-corrected chi connectivity index (χ3v) is 1.63. The van der Waals surface area contributed by atoms with Crippen molar-refractivity contribution in [2.75, 3.05) is 7.11 Å². The Morgan fingerprint density at radius 1 is 1.90 bits per heavy atom. The van der Waals surface area contributed by atoms with Gasteiger partial charge in [-0.05, 0) is 0 Å². The molecule has 0 unspecified atom stereocenters. The van der Waals surface area contributed by atoms with Crippen LogP contribution in [0, 0.1) is 5.26 Å². The number of carbonyl (C=O) groups excluding carboxylic acids is 1. The fourth-order valence-electron chi connectivity index (χ4n) is 0.448. The van der Waals surface area contributed by atoms with E-state index in [1.54, 1.807) is 0 Å². The quantitative estimate of drug-likeness (QED) is 0.578. The van der Waals surface area contributed by atoms with Crippen LogP contribution in [-0.2, 0) is 4.74 Å². The molecule has 1 aromatic heterocycles. The zero-order valence-electron chi connectivity index (χ0n) is 5.13. The van der Waals surface area contributed by atoms with E-state index in [0.717, 1.165) is 6.20 Å². The SMILES string of the molecule is COC(=O)c1cnc(F)s1. The number of nitrogens with zero attached hydrogens (tertiary/aromatic N) is 1. The number of rotatable bonds is 1. The molecule has 0 atom stereocenters. The standard InChI is InChI=1S/C5H4FNO2S/c1-9-4(8)3-2-7-5(6)10-3/h2H,1H3. The Kier molecular flexibility index (Phi) is 1.96. The number of aromatic nitrogens is 1. The van der Waals surface area contributed by atoms with Crippen molar-refractivity contribution in [3.8, 4) is 0 Å². The van der Waals surface area contributed by atoms with Crippen molar-refractivity contribution in [1.82, 2.24) is 4.98 Å². The Morgan fingerprint density at radius 3 is 3.00 bits per heavy atom. The van der Waals surface area contributed by atoms with Gasteiger partial charge in [0.1, 0.15) is 4.88 Å². The smallest absolute Gasteiger partial charge is 0.349 e. The van der Waals surface area contributed by atoms with E-state index in [1.165, 1.54) is 7.11 Å². The van der Waals surface area contributed by atoms with E-state index in [0.29, 0.717) is 11.3 Å². The van der Waals surface area contributed by atoms with Crippen molar-refractivity contribution in [2.45, 2.75) is 0 Å². The Hall–Kier alpha value is -0.970. The molecule has 1 rings (SSSR count). The minimum Gasteiger partial charge on any atom is -0.465 e. The molecule has 0 spiro atoms. The lowest BCUT2D eigenvalue weighted by atomic mass is 10.6. The van der Waals surface area contributed by atoms with Crippen LogP contribution in [0.25, 0.3) is 0 Å². The van der Waals surface area contributed by atoms with Gasteiger partial charge in [0.2, 0.25) is 0 Å². The van der Waals surface area contributed by atoms with E-state index < -0.39 is 11.2 Å². The van der Waals surface area contributed by atoms with E-state index in [1.807, 2.05) is 0 Å². The maximum atomic E-state index is 12.1. The number of ether oxygens (including phenoxy) is 1. The predicted octanol–water partition coefficient (Wildman–Crippen LogP) is 1.07. The van der Waals surface area contributed by atoms with Gasteiger partial charge in [0.25, 0.3) is 5.26 Å². The number of esters is 1. The second kappa shape index (κ2) is 2.74. The molecule has 3 nitrogen and oxygen atoms in total. The summed E-state index contributed by atoms with van der Waals surface area (Å²) in [5.74, 6) is -0.554. The Balaban J connectivity index is 2.85. The highest BCUT2D eigenvalue weighted by molar-refractivity contribution is 7.11. The van der Waals surface area contributed by atoms with Gasteiger partial charge in [-0.3, -0.25) is 0 Å². The van der Waals surface area contributed by atoms with E-state index in [2.05, 4.69) is 9.72 Å². The number of carbonyl (C=O) groups is 1.